The van der Waals surface area contributed by atoms with Crippen LogP contribution in [0.5, 0.6) is 0 Å². The van der Waals surface area contributed by atoms with Crippen LogP contribution >= 0.6 is 11.6 Å². The van der Waals surface area contributed by atoms with Crippen molar-refractivity contribution in [2.75, 3.05) is 18.1 Å². The normalized spacial score (nSPS) is 24.5. The van der Waals surface area contributed by atoms with Crippen molar-refractivity contribution in [1.82, 2.24) is 4.31 Å². The van der Waals surface area contributed by atoms with Gasteiger partial charge < -0.3 is 0 Å². The highest BCUT2D eigenvalue weighted by Crippen LogP contribution is 2.34. The summed E-state index contributed by atoms with van der Waals surface area (Å²) in [7, 11) is -7.06. The van der Waals surface area contributed by atoms with Gasteiger partial charge in [-0.2, -0.15) is 4.31 Å². The quantitative estimate of drug-likeness (QED) is 0.751. The van der Waals surface area contributed by atoms with Crippen molar-refractivity contribution in [3.05, 3.63) is 41.9 Å². The molecule has 0 saturated carbocycles. The molecule has 8 heteroatoms. The summed E-state index contributed by atoms with van der Waals surface area (Å²) in [5.41, 5.74) is -0.967. The molecule has 1 aromatic carbocycles. The standard InChI is InChI=1S/C14H18ClNO4S2/c1-3-9-16(14(2)8-10-21(17,18)11-14)22(19,20)13-6-4-12(15)5-7-13/h3-7H,1,8-11H2,2H3/t14-/m0/s1. The smallest absolute Gasteiger partial charge is 0.229 e. The molecule has 0 radical (unpaired) electrons. The second-order valence-corrected chi connectivity index (χ2v) is 10.1. The molecule has 0 aromatic heterocycles. The van der Waals surface area contributed by atoms with Crippen LogP contribution in [-0.2, 0) is 19.9 Å². The van der Waals surface area contributed by atoms with Gasteiger partial charge in [0.1, 0.15) is 0 Å². The highest BCUT2D eigenvalue weighted by atomic mass is 35.5. The average molecular weight is 364 g/mol. The lowest BCUT2D eigenvalue weighted by molar-refractivity contribution is 0.252. The molecule has 2 rings (SSSR count). The van der Waals surface area contributed by atoms with Crippen molar-refractivity contribution in [3.8, 4) is 0 Å². The first-order chi connectivity index (χ1) is 10.1. The molecule has 0 spiro atoms. The monoisotopic (exact) mass is 363 g/mol. The first kappa shape index (κ1) is 17.5. The Balaban J connectivity index is 2.47. The Morgan fingerprint density at radius 2 is 1.95 bits per heavy atom. The molecule has 0 amide bonds. The van der Waals surface area contributed by atoms with E-state index < -0.39 is 25.4 Å². The fraction of sp³-hybridized carbons (Fsp3) is 0.429. The zero-order valence-corrected chi connectivity index (χ0v) is 14.6. The van der Waals surface area contributed by atoms with Gasteiger partial charge in [-0.15, -0.1) is 6.58 Å². The minimum Gasteiger partial charge on any atom is -0.229 e. The summed E-state index contributed by atoms with van der Waals surface area (Å²) in [6.45, 7) is 5.30. The van der Waals surface area contributed by atoms with Gasteiger partial charge in [0.25, 0.3) is 0 Å². The average Bonchev–Trinajstić information content (AvgIpc) is 2.71. The number of sulfonamides is 1. The van der Waals surface area contributed by atoms with Crippen LogP contribution in [0.4, 0.5) is 0 Å². The van der Waals surface area contributed by atoms with Gasteiger partial charge in [0.15, 0.2) is 9.84 Å². The Bertz CT molecular complexity index is 772. The van der Waals surface area contributed by atoms with Crippen molar-refractivity contribution in [2.24, 2.45) is 0 Å². The fourth-order valence-corrected chi connectivity index (χ4v) is 6.77. The first-order valence-corrected chi connectivity index (χ1v) is 10.3. The number of rotatable bonds is 5. The van der Waals surface area contributed by atoms with Gasteiger partial charge in [-0.3, -0.25) is 0 Å². The van der Waals surface area contributed by atoms with E-state index in [9.17, 15) is 16.8 Å². The van der Waals surface area contributed by atoms with Crippen LogP contribution in [0.15, 0.2) is 41.8 Å². The topological polar surface area (TPSA) is 71.5 Å². The van der Waals surface area contributed by atoms with E-state index >= 15 is 0 Å². The summed E-state index contributed by atoms with van der Waals surface area (Å²) in [5, 5.41) is 0.434. The molecule has 1 saturated heterocycles. The molecule has 1 atom stereocenters. The van der Waals surface area contributed by atoms with Crippen molar-refractivity contribution >= 4 is 31.5 Å². The first-order valence-electron chi connectivity index (χ1n) is 6.70. The molecule has 0 bridgehead atoms. The number of hydrogen-bond donors (Lipinski definition) is 0. The molecule has 1 heterocycles. The van der Waals surface area contributed by atoms with Crippen LogP contribution in [0.3, 0.4) is 0 Å². The van der Waals surface area contributed by atoms with Crippen LogP contribution in [0.2, 0.25) is 5.02 Å². The minimum absolute atomic E-state index is 0.00667. The lowest BCUT2D eigenvalue weighted by Crippen LogP contribution is -2.50. The molecule has 5 nitrogen and oxygen atoms in total. The maximum Gasteiger partial charge on any atom is 0.243 e. The van der Waals surface area contributed by atoms with Crippen LogP contribution in [0, 0.1) is 0 Å². The molecule has 0 unspecified atom stereocenters. The predicted octanol–water partition coefficient (Wildman–Crippen LogP) is 2.09. The van der Waals surface area contributed by atoms with E-state index in [1.165, 1.54) is 34.6 Å². The third-order valence-electron chi connectivity index (χ3n) is 3.78. The van der Waals surface area contributed by atoms with Gasteiger partial charge in [-0.05, 0) is 37.6 Å². The highest BCUT2D eigenvalue weighted by molar-refractivity contribution is 7.92. The Kier molecular flexibility index (Phi) is 4.73. The van der Waals surface area contributed by atoms with Gasteiger partial charge in [0.05, 0.1) is 16.4 Å². The SMILES string of the molecule is C=CCN([C@@]1(C)CCS(=O)(=O)C1)S(=O)(=O)c1ccc(Cl)cc1. The summed E-state index contributed by atoms with van der Waals surface area (Å²) in [6, 6.07) is 5.82. The Labute approximate surface area is 136 Å². The summed E-state index contributed by atoms with van der Waals surface area (Å²) in [4.78, 5) is 0.0873. The van der Waals surface area contributed by atoms with Gasteiger partial charge in [0, 0.05) is 17.1 Å². The molecule has 1 aromatic rings. The Hall–Kier alpha value is -0.890. The Morgan fingerprint density at radius 3 is 2.41 bits per heavy atom. The largest absolute Gasteiger partial charge is 0.243 e. The van der Waals surface area contributed by atoms with Crippen LogP contribution in [-0.4, -0.2) is 44.7 Å². The summed E-state index contributed by atoms with van der Waals surface area (Å²) < 4.78 is 50.6. The molecule has 1 aliphatic rings. The third-order valence-corrected chi connectivity index (χ3v) is 7.96. The van der Waals surface area contributed by atoms with E-state index in [0.29, 0.717) is 5.02 Å². The summed E-state index contributed by atoms with van der Waals surface area (Å²) in [5.74, 6) is -0.187. The molecule has 0 aliphatic carbocycles. The van der Waals surface area contributed by atoms with Crippen molar-refractivity contribution < 1.29 is 16.8 Å². The molecule has 22 heavy (non-hydrogen) atoms. The second kappa shape index (κ2) is 5.96. The number of hydrogen-bond acceptors (Lipinski definition) is 4. The van der Waals surface area contributed by atoms with E-state index in [0.717, 1.165) is 0 Å². The van der Waals surface area contributed by atoms with Gasteiger partial charge in [-0.1, -0.05) is 17.7 Å². The lowest BCUT2D eigenvalue weighted by atomic mass is 10.0. The van der Waals surface area contributed by atoms with Crippen LogP contribution < -0.4 is 0 Å². The summed E-state index contributed by atoms with van der Waals surface area (Å²) in [6.07, 6.45) is 1.74. The van der Waals surface area contributed by atoms with Crippen molar-refractivity contribution in [1.29, 1.82) is 0 Å². The van der Waals surface area contributed by atoms with Gasteiger partial charge in [0.2, 0.25) is 10.0 Å². The van der Waals surface area contributed by atoms with E-state index in [1.54, 1.807) is 6.92 Å². The second-order valence-electron chi connectivity index (χ2n) is 5.62. The maximum atomic E-state index is 12.9. The van der Waals surface area contributed by atoms with Crippen LogP contribution in [0.1, 0.15) is 13.3 Å². The lowest BCUT2D eigenvalue weighted by Gasteiger charge is -2.35. The number of halogens is 1. The number of nitrogens with zero attached hydrogens (tertiary/aromatic N) is 1. The van der Waals surface area contributed by atoms with Crippen molar-refractivity contribution in [2.45, 2.75) is 23.8 Å². The molecule has 1 fully saturated rings. The number of sulfone groups is 1. The van der Waals surface area contributed by atoms with E-state index in [-0.39, 0.29) is 29.4 Å². The minimum atomic E-state index is -3.83. The van der Waals surface area contributed by atoms with E-state index in [1.807, 2.05) is 0 Å². The zero-order chi connectivity index (χ0) is 16.6. The maximum absolute atomic E-state index is 12.9. The molecular formula is C14H18ClNO4S2. The highest BCUT2D eigenvalue weighted by Gasteiger charge is 2.47. The zero-order valence-electron chi connectivity index (χ0n) is 12.2. The molecular weight excluding hydrogens is 346 g/mol. The predicted molar refractivity (Wildman–Crippen MR) is 87.2 cm³/mol. The fourth-order valence-electron chi connectivity index (χ4n) is 2.65. The third kappa shape index (κ3) is 3.37. The molecule has 122 valence electrons. The Morgan fingerprint density at radius 1 is 1.36 bits per heavy atom. The van der Waals surface area contributed by atoms with Crippen molar-refractivity contribution in [3.63, 3.8) is 0 Å². The summed E-state index contributed by atoms with van der Waals surface area (Å²) >= 11 is 5.79. The molecule has 0 N–H and O–H groups in total. The van der Waals surface area contributed by atoms with Gasteiger partial charge in [-0.25, -0.2) is 16.8 Å². The number of benzene rings is 1. The van der Waals surface area contributed by atoms with Crippen LogP contribution in [0.25, 0.3) is 0 Å². The van der Waals surface area contributed by atoms with E-state index in [4.69, 9.17) is 11.6 Å². The molecule has 1 aliphatic heterocycles. The van der Waals surface area contributed by atoms with E-state index in [2.05, 4.69) is 6.58 Å². The van der Waals surface area contributed by atoms with Gasteiger partial charge >= 0.3 is 0 Å².